The lowest BCUT2D eigenvalue weighted by Crippen LogP contribution is -2.25. The molecule has 1 saturated heterocycles. The third kappa shape index (κ3) is 9.66. The van der Waals surface area contributed by atoms with Crippen LogP contribution in [0.2, 0.25) is 0 Å². The maximum absolute atomic E-state index is 13.4. The Labute approximate surface area is 382 Å². The number of tetrazole rings is 1. The largest absolute Gasteiger partial charge is 0.486 e. The highest BCUT2D eigenvalue weighted by Gasteiger charge is 2.31. The van der Waals surface area contributed by atoms with Crippen molar-refractivity contribution in [2.45, 2.75) is 55.2 Å². The van der Waals surface area contributed by atoms with Gasteiger partial charge in [-0.25, -0.2) is 14.8 Å². The van der Waals surface area contributed by atoms with Crippen LogP contribution < -0.4 is 14.8 Å². The Morgan fingerprint density at radius 3 is 2.29 bits per heavy atom. The van der Waals surface area contributed by atoms with Gasteiger partial charge in [-0.2, -0.15) is 5.21 Å². The molecular weight excluding hydrogens is 863 g/mol. The molecule has 0 bridgehead atoms. The molecule has 2 N–H and O–H groups in total. The number of hydrogen-bond acceptors (Lipinski definition) is 13. The number of carbonyl (C=O) groups excluding carboxylic acids is 3. The highest BCUT2D eigenvalue weighted by molar-refractivity contribution is 8.15. The van der Waals surface area contributed by atoms with Crippen molar-refractivity contribution in [1.29, 1.82) is 0 Å². The first kappa shape index (κ1) is 43.0. The van der Waals surface area contributed by atoms with Crippen molar-refractivity contribution >= 4 is 51.7 Å². The fourth-order valence-corrected chi connectivity index (χ4v) is 9.35. The lowest BCUT2D eigenvalue weighted by Gasteiger charge is -2.13. The van der Waals surface area contributed by atoms with Crippen molar-refractivity contribution in [2.75, 3.05) is 7.11 Å². The number of rotatable bonds is 17. The van der Waals surface area contributed by atoms with Crippen molar-refractivity contribution in [3.8, 4) is 39.8 Å². The maximum Gasteiger partial charge on any atom is 0.356 e. The Hall–Kier alpha value is -7.24. The number of aromatic nitrogens is 8. The summed E-state index contributed by atoms with van der Waals surface area (Å²) in [6.45, 7) is 2.81. The molecule has 15 nitrogen and oxygen atoms in total. The van der Waals surface area contributed by atoms with Gasteiger partial charge in [-0.05, 0) is 88.8 Å². The zero-order valence-electron chi connectivity index (χ0n) is 35.7. The van der Waals surface area contributed by atoms with Gasteiger partial charge in [-0.1, -0.05) is 79.3 Å². The molecule has 3 aromatic heterocycles. The number of hydrogen-bond donors (Lipinski definition) is 2. The van der Waals surface area contributed by atoms with Gasteiger partial charge in [-0.15, -0.1) is 22.0 Å². The fraction of sp³-hybridized carbons (Fsp3) is 0.208. The number of aromatic amines is 1. The molecule has 1 fully saturated rings. The van der Waals surface area contributed by atoms with Crippen LogP contribution >= 0.6 is 23.5 Å². The molecular formula is C48H43N9O6S2. The van der Waals surface area contributed by atoms with Gasteiger partial charge in [0.1, 0.15) is 35.5 Å². The van der Waals surface area contributed by atoms with Crippen LogP contribution in [-0.2, 0) is 48.3 Å². The quantitative estimate of drug-likeness (QED) is 0.0654. The number of aryl methyl sites for hydroxylation is 2. The second kappa shape index (κ2) is 19.2. The number of nitrogens with one attached hydrogen (secondary N) is 2. The molecule has 0 saturated carbocycles. The van der Waals surface area contributed by atoms with E-state index in [1.165, 1.54) is 7.11 Å². The summed E-state index contributed by atoms with van der Waals surface area (Å²) >= 11 is 2.61. The molecule has 1 atom stereocenters. The third-order valence-corrected chi connectivity index (χ3v) is 13.0. The van der Waals surface area contributed by atoms with Crippen molar-refractivity contribution in [3.63, 3.8) is 0 Å². The van der Waals surface area contributed by atoms with Crippen LogP contribution in [0.5, 0.6) is 17.2 Å². The Bertz CT molecular complexity index is 2990. The van der Waals surface area contributed by atoms with Crippen LogP contribution in [0.1, 0.15) is 52.3 Å². The number of benzene rings is 5. The van der Waals surface area contributed by atoms with Gasteiger partial charge in [0.15, 0.2) is 5.69 Å². The summed E-state index contributed by atoms with van der Waals surface area (Å²) in [5.41, 5.74) is 7.68. The Morgan fingerprint density at radius 1 is 0.846 bits per heavy atom. The molecule has 0 radical (unpaired) electrons. The summed E-state index contributed by atoms with van der Waals surface area (Å²) in [4.78, 5) is 47.6. The molecule has 65 heavy (non-hydrogen) atoms. The molecule has 9 rings (SSSR count). The van der Waals surface area contributed by atoms with E-state index in [1.54, 1.807) is 11.8 Å². The van der Waals surface area contributed by atoms with Gasteiger partial charge in [0.2, 0.25) is 11.7 Å². The lowest BCUT2D eigenvalue weighted by molar-refractivity contribution is -0.118. The first-order valence-electron chi connectivity index (χ1n) is 20.9. The van der Waals surface area contributed by atoms with Gasteiger partial charge >= 0.3 is 5.97 Å². The number of fused-ring (bicyclic) bond motifs is 1. The second-order valence-electron chi connectivity index (χ2n) is 15.2. The summed E-state index contributed by atoms with van der Waals surface area (Å²) < 4.78 is 21.6. The Morgan fingerprint density at radius 2 is 1.58 bits per heavy atom. The van der Waals surface area contributed by atoms with E-state index in [-0.39, 0.29) is 17.8 Å². The van der Waals surface area contributed by atoms with Crippen LogP contribution in [0.4, 0.5) is 4.79 Å². The highest BCUT2D eigenvalue weighted by atomic mass is 32.2. The normalized spacial score (nSPS) is 13.6. The summed E-state index contributed by atoms with van der Waals surface area (Å²) in [6, 6.07) is 37.3. The summed E-state index contributed by atoms with van der Waals surface area (Å²) in [6.07, 6.45) is 2.04. The van der Waals surface area contributed by atoms with E-state index in [0.29, 0.717) is 59.6 Å². The number of esters is 1. The van der Waals surface area contributed by atoms with Crippen LogP contribution in [0, 0.1) is 0 Å². The van der Waals surface area contributed by atoms with Crippen LogP contribution in [0.25, 0.3) is 33.5 Å². The summed E-state index contributed by atoms with van der Waals surface area (Å²) in [5.74, 6) is 3.92. The predicted molar refractivity (Wildman–Crippen MR) is 248 cm³/mol. The first-order valence-corrected chi connectivity index (χ1v) is 22.8. The van der Waals surface area contributed by atoms with Gasteiger partial charge < -0.3 is 23.3 Å². The SMILES string of the molecule is CCCc1nc(CSc2ccc(Oc3ccc4nc(COc5ccc(CC6SC(=O)NC6=O)cc5)n(C)c4c3)cc2)c(C(=O)OC)n1Cc1ccc(-c2ccccc2-c2nn[nH]n2)cc1. The number of amides is 2. The van der Waals surface area contributed by atoms with Crippen LogP contribution in [0.15, 0.2) is 120 Å². The topological polar surface area (TPSA) is 181 Å². The van der Waals surface area contributed by atoms with Crippen molar-refractivity contribution < 1.29 is 28.6 Å². The number of thioether (sulfide) groups is 2. The predicted octanol–water partition coefficient (Wildman–Crippen LogP) is 8.96. The molecule has 0 spiro atoms. The third-order valence-electron chi connectivity index (χ3n) is 10.9. The number of ether oxygens (including phenoxy) is 3. The molecule has 0 aliphatic carbocycles. The van der Waals surface area contributed by atoms with E-state index in [0.717, 1.165) is 73.6 Å². The van der Waals surface area contributed by atoms with Crippen molar-refractivity contribution in [1.82, 2.24) is 45.0 Å². The van der Waals surface area contributed by atoms with Gasteiger partial charge in [0.25, 0.3) is 5.24 Å². The van der Waals surface area contributed by atoms with Crippen LogP contribution in [0.3, 0.4) is 0 Å². The minimum absolute atomic E-state index is 0.253. The zero-order chi connectivity index (χ0) is 44.9. The minimum atomic E-state index is -0.423. The van der Waals surface area contributed by atoms with E-state index >= 15 is 0 Å². The summed E-state index contributed by atoms with van der Waals surface area (Å²) in [7, 11) is 3.34. The molecule has 328 valence electrons. The fourth-order valence-electron chi connectivity index (χ4n) is 7.66. The van der Waals surface area contributed by atoms with Crippen molar-refractivity contribution in [2.24, 2.45) is 7.05 Å². The second-order valence-corrected chi connectivity index (χ2v) is 17.5. The Balaban J connectivity index is 0.836. The minimum Gasteiger partial charge on any atom is -0.486 e. The molecule has 1 aliphatic heterocycles. The average Bonchev–Trinajstić information content (AvgIpc) is 4.12. The number of carbonyl (C=O) groups is 3. The van der Waals surface area contributed by atoms with E-state index < -0.39 is 11.2 Å². The van der Waals surface area contributed by atoms with E-state index in [4.69, 9.17) is 24.2 Å². The smallest absolute Gasteiger partial charge is 0.356 e. The highest BCUT2D eigenvalue weighted by Crippen LogP contribution is 2.33. The molecule has 5 aromatic carbocycles. The van der Waals surface area contributed by atoms with E-state index in [1.807, 2.05) is 107 Å². The van der Waals surface area contributed by atoms with Crippen molar-refractivity contribution in [3.05, 3.63) is 149 Å². The molecule has 1 unspecified atom stereocenters. The molecule has 8 aromatic rings. The van der Waals surface area contributed by atoms with Gasteiger partial charge in [0.05, 0.1) is 29.1 Å². The lowest BCUT2D eigenvalue weighted by atomic mass is 9.98. The standard InChI is InChI=1S/C48H43N9O6S2/c1-4-7-42-50-39(44(47(59)61-3)57(42)26-30-10-14-31(15-11-30)36-8-5-6-9-37(36)45-52-54-55-53-45)28-64-35-21-18-33(19-22-35)63-34-20-23-38-40(25-34)56(2)43(49-38)27-62-32-16-12-29(13-17-32)24-41-46(58)51-48(60)65-41/h5-6,8-23,25,41H,4,7,24,26-28H2,1-3H3,(H,51,58,60)(H,52,53,54,55). The molecule has 1 aliphatic rings. The van der Waals surface area contributed by atoms with E-state index in [9.17, 15) is 14.4 Å². The van der Waals surface area contributed by atoms with Gasteiger partial charge in [0, 0.05) is 42.3 Å². The molecule has 17 heteroatoms. The van der Waals surface area contributed by atoms with E-state index in [2.05, 4.69) is 57.1 Å². The first-order chi connectivity index (χ1) is 31.7. The molecule has 4 heterocycles. The maximum atomic E-state index is 13.4. The number of methoxy groups -OCH3 is 1. The number of imide groups is 1. The number of H-pyrrole nitrogens is 1. The number of nitrogens with zero attached hydrogens (tertiary/aromatic N) is 7. The molecule has 2 amide bonds. The average molecular weight is 906 g/mol. The monoisotopic (exact) mass is 905 g/mol. The zero-order valence-corrected chi connectivity index (χ0v) is 37.3. The summed E-state index contributed by atoms with van der Waals surface area (Å²) in [5, 5.41) is 16.2. The van der Waals surface area contributed by atoms with Gasteiger partial charge in [-0.3, -0.25) is 14.9 Å². The number of imidazole rings is 2. The Kier molecular flexibility index (Phi) is 12.7. The van der Waals surface area contributed by atoms with Crippen LogP contribution in [-0.4, -0.2) is 69.2 Å².